The summed E-state index contributed by atoms with van der Waals surface area (Å²) in [5, 5.41) is 9.35. The van der Waals surface area contributed by atoms with Gasteiger partial charge in [-0.15, -0.1) is 0 Å². The molecule has 0 bridgehead atoms. The van der Waals surface area contributed by atoms with Crippen molar-refractivity contribution in [3.63, 3.8) is 0 Å². The van der Waals surface area contributed by atoms with Crippen LogP contribution < -0.4 is 4.90 Å². The Morgan fingerprint density at radius 3 is 2.35 bits per heavy atom. The van der Waals surface area contributed by atoms with Gasteiger partial charge in [0, 0.05) is 63.9 Å². The molecule has 1 N–H and O–H groups in total. The van der Waals surface area contributed by atoms with Crippen molar-refractivity contribution in [3.8, 4) is 0 Å². The van der Waals surface area contributed by atoms with Crippen molar-refractivity contribution in [2.24, 2.45) is 5.92 Å². The normalized spacial score (nSPS) is 30.6. The van der Waals surface area contributed by atoms with Gasteiger partial charge in [-0.2, -0.15) is 13.2 Å². The highest BCUT2D eigenvalue weighted by Crippen LogP contribution is 2.46. The predicted octanol–water partition coefficient (Wildman–Crippen LogP) is 4.25. The van der Waals surface area contributed by atoms with Gasteiger partial charge in [0.1, 0.15) is 0 Å². The van der Waals surface area contributed by atoms with E-state index in [1.54, 1.807) is 4.90 Å². The Balaban J connectivity index is 1.44. The number of carbonyl (C=O) groups excluding carboxylic acids is 1. The third-order valence-electron chi connectivity index (χ3n) is 9.29. The lowest BCUT2D eigenvalue weighted by Gasteiger charge is -2.36. The summed E-state index contributed by atoms with van der Waals surface area (Å²) in [6.45, 7) is -0.248. The molecule has 3 atom stereocenters. The molecule has 1 aromatic carbocycles. The van der Waals surface area contributed by atoms with Gasteiger partial charge in [0.15, 0.2) is 5.67 Å². The summed E-state index contributed by atoms with van der Waals surface area (Å²) in [4.78, 5) is 29.7. The molecule has 1 saturated carbocycles. The fourth-order valence-electron chi connectivity index (χ4n) is 6.77. The Labute approximate surface area is 230 Å². The minimum Gasteiger partial charge on any atom is -0.481 e. The van der Waals surface area contributed by atoms with E-state index < -0.39 is 59.9 Å². The lowest BCUT2D eigenvalue weighted by molar-refractivity contribution is -0.143. The summed E-state index contributed by atoms with van der Waals surface area (Å²) in [6.07, 6.45) is -1.12. The minimum absolute atomic E-state index is 0.0249. The average molecular weight is 574 g/mol. The molecule has 1 aliphatic carbocycles. The summed E-state index contributed by atoms with van der Waals surface area (Å²) in [6, 6.07) is 3.37. The summed E-state index contributed by atoms with van der Waals surface area (Å²) >= 11 is 0. The predicted molar refractivity (Wildman–Crippen MR) is 137 cm³/mol. The second kappa shape index (κ2) is 10.7. The number of benzene rings is 1. The molecule has 0 unspecified atom stereocenters. The number of rotatable bonds is 7. The van der Waals surface area contributed by atoms with Crippen LogP contribution in [0.15, 0.2) is 18.2 Å². The molecule has 222 valence electrons. The van der Waals surface area contributed by atoms with Gasteiger partial charge >= 0.3 is 12.1 Å². The van der Waals surface area contributed by atoms with Crippen LogP contribution in [0.25, 0.3) is 0 Å². The number of aliphatic carboxylic acids is 1. The summed E-state index contributed by atoms with van der Waals surface area (Å²) < 4.78 is 78.9. The van der Waals surface area contributed by atoms with E-state index >= 15 is 8.78 Å². The van der Waals surface area contributed by atoms with Gasteiger partial charge in [-0.05, 0) is 43.4 Å². The van der Waals surface area contributed by atoms with Gasteiger partial charge in [0.25, 0.3) is 5.91 Å². The first-order valence-electron chi connectivity index (χ1n) is 13.9. The molecule has 5 rings (SSSR count). The Bertz CT molecular complexity index is 1120. The standard InChI is InChI=1S/C28H36F5N3O4/c1-40-17-27(30)16-36(25(39)26(29)9-12-35(15-26)20-3-2-4-20)14-22(27)21-6-5-19(28(31,32)33)13-23(21)34-10-7-18(8-11-34)24(37)38/h5-6,13,18,20,22H,2-4,7-12,14-17H2,1H3,(H,37,38)/t22-,26-,27+/m1/s1. The van der Waals surface area contributed by atoms with Gasteiger partial charge in [-0.25, -0.2) is 8.78 Å². The van der Waals surface area contributed by atoms with E-state index in [1.807, 2.05) is 4.90 Å². The monoisotopic (exact) mass is 573 g/mol. The highest BCUT2D eigenvalue weighted by atomic mass is 19.4. The number of amides is 1. The molecular formula is C28H36F5N3O4. The highest BCUT2D eigenvalue weighted by Gasteiger charge is 2.56. The van der Waals surface area contributed by atoms with Gasteiger partial charge < -0.3 is 19.6 Å². The van der Waals surface area contributed by atoms with Crippen LogP contribution in [0.2, 0.25) is 0 Å². The van der Waals surface area contributed by atoms with Crippen LogP contribution in [0.5, 0.6) is 0 Å². The van der Waals surface area contributed by atoms with Crippen molar-refractivity contribution in [1.82, 2.24) is 9.80 Å². The van der Waals surface area contributed by atoms with E-state index in [4.69, 9.17) is 4.74 Å². The Morgan fingerprint density at radius 2 is 1.77 bits per heavy atom. The van der Waals surface area contributed by atoms with Crippen molar-refractivity contribution in [3.05, 3.63) is 29.3 Å². The lowest BCUT2D eigenvalue weighted by Crippen LogP contribution is -2.49. The number of piperidine rings is 1. The SMILES string of the molecule is COC[C@@]1(F)CN(C(=O)[C@@]2(F)CCN(C3CCC3)C2)C[C@@H]1c1ccc(C(F)(F)F)cc1N1CCC(C(=O)O)CC1. The smallest absolute Gasteiger partial charge is 0.416 e. The zero-order valence-corrected chi connectivity index (χ0v) is 22.6. The van der Waals surface area contributed by atoms with Crippen LogP contribution in [0, 0.1) is 5.92 Å². The van der Waals surface area contributed by atoms with Gasteiger partial charge in [-0.1, -0.05) is 12.5 Å². The molecule has 0 radical (unpaired) electrons. The number of likely N-dealkylation sites (tertiary alicyclic amines) is 2. The van der Waals surface area contributed by atoms with Crippen LogP contribution in [0.1, 0.15) is 55.6 Å². The zero-order valence-electron chi connectivity index (χ0n) is 22.6. The highest BCUT2D eigenvalue weighted by molar-refractivity contribution is 5.86. The summed E-state index contributed by atoms with van der Waals surface area (Å²) in [7, 11) is 1.30. The first-order chi connectivity index (χ1) is 18.8. The Hall–Kier alpha value is -2.47. The van der Waals surface area contributed by atoms with Crippen LogP contribution in [0.3, 0.4) is 0 Å². The van der Waals surface area contributed by atoms with Crippen LogP contribution >= 0.6 is 0 Å². The van der Waals surface area contributed by atoms with E-state index in [2.05, 4.69) is 0 Å². The number of hydrogen-bond acceptors (Lipinski definition) is 5. The topological polar surface area (TPSA) is 73.3 Å². The minimum atomic E-state index is -4.64. The van der Waals surface area contributed by atoms with E-state index in [1.165, 1.54) is 18.1 Å². The molecule has 0 spiro atoms. The molecule has 12 heteroatoms. The van der Waals surface area contributed by atoms with Crippen molar-refractivity contribution in [1.29, 1.82) is 0 Å². The molecule has 4 fully saturated rings. The van der Waals surface area contributed by atoms with Gasteiger partial charge in [0.05, 0.1) is 24.6 Å². The number of halogens is 5. The van der Waals surface area contributed by atoms with Crippen LogP contribution in [0.4, 0.5) is 27.6 Å². The number of nitrogens with zero attached hydrogens (tertiary/aromatic N) is 3. The third-order valence-corrected chi connectivity index (χ3v) is 9.29. The number of carboxylic acids is 1. The molecule has 0 aromatic heterocycles. The number of hydrogen-bond donors (Lipinski definition) is 1. The van der Waals surface area contributed by atoms with Crippen LogP contribution in [-0.2, 0) is 20.5 Å². The molecule has 3 aliphatic heterocycles. The van der Waals surface area contributed by atoms with E-state index in [0.29, 0.717) is 6.54 Å². The van der Waals surface area contributed by atoms with Crippen molar-refractivity contribution in [2.75, 3.05) is 57.9 Å². The fraction of sp³-hybridized carbons (Fsp3) is 0.714. The maximum Gasteiger partial charge on any atom is 0.416 e. The number of ether oxygens (including phenoxy) is 1. The zero-order chi connectivity index (χ0) is 28.9. The van der Waals surface area contributed by atoms with Crippen molar-refractivity contribution in [2.45, 2.75) is 68.0 Å². The fourth-order valence-corrected chi connectivity index (χ4v) is 6.77. The Kier molecular flexibility index (Phi) is 7.80. The summed E-state index contributed by atoms with van der Waals surface area (Å²) in [5.41, 5.74) is -4.77. The van der Waals surface area contributed by atoms with Gasteiger partial charge in [-0.3, -0.25) is 14.5 Å². The molecule has 7 nitrogen and oxygen atoms in total. The maximum absolute atomic E-state index is 16.6. The molecule has 3 saturated heterocycles. The quantitative estimate of drug-likeness (QED) is 0.492. The van der Waals surface area contributed by atoms with Crippen molar-refractivity contribution < 1.29 is 41.4 Å². The molecular weight excluding hydrogens is 537 g/mol. The number of anilines is 1. The molecule has 1 amide bonds. The average Bonchev–Trinajstić information content (AvgIpc) is 3.42. The second-order valence-corrected chi connectivity index (χ2v) is 11.8. The Morgan fingerprint density at radius 1 is 1.07 bits per heavy atom. The third kappa shape index (κ3) is 5.41. The lowest BCUT2D eigenvalue weighted by atomic mass is 9.84. The maximum atomic E-state index is 16.6. The first kappa shape index (κ1) is 29.0. The summed E-state index contributed by atoms with van der Waals surface area (Å²) in [5.74, 6) is -3.41. The number of carboxylic acid groups (broad SMARTS) is 1. The largest absolute Gasteiger partial charge is 0.481 e. The van der Waals surface area contributed by atoms with Gasteiger partial charge in [0.2, 0.25) is 5.67 Å². The molecule has 40 heavy (non-hydrogen) atoms. The molecule has 4 aliphatic rings. The first-order valence-corrected chi connectivity index (χ1v) is 13.9. The van der Waals surface area contributed by atoms with Crippen molar-refractivity contribution >= 4 is 17.6 Å². The number of carbonyl (C=O) groups is 2. The van der Waals surface area contributed by atoms with E-state index in [9.17, 15) is 27.9 Å². The molecule has 3 heterocycles. The second-order valence-electron chi connectivity index (χ2n) is 11.8. The van der Waals surface area contributed by atoms with E-state index in [0.717, 1.165) is 31.4 Å². The molecule has 1 aromatic rings. The number of alkyl halides is 5. The van der Waals surface area contributed by atoms with Crippen LogP contribution in [-0.4, -0.2) is 97.1 Å². The van der Waals surface area contributed by atoms with E-state index in [-0.39, 0.29) is 62.7 Å². The number of methoxy groups -OCH3 is 1.